The summed E-state index contributed by atoms with van der Waals surface area (Å²) in [6, 6.07) is -0.0356. The Kier molecular flexibility index (Phi) is 4.25. The molecule has 1 N–H and O–H groups in total. The van der Waals surface area contributed by atoms with E-state index in [0.29, 0.717) is 0 Å². The minimum absolute atomic E-state index is 0.0356. The van der Waals surface area contributed by atoms with Crippen molar-refractivity contribution in [2.24, 2.45) is 0 Å². The van der Waals surface area contributed by atoms with E-state index in [9.17, 15) is 13.6 Å². The highest BCUT2D eigenvalue weighted by atomic mass is 19.3. The lowest BCUT2D eigenvalue weighted by Crippen LogP contribution is -2.40. The van der Waals surface area contributed by atoms with Crippen molar-refractivity contribution in [2.45, 2.75) is 31.7 Å². The fraction of sp³-hybridized carbons (Fsp3) is 0.889. The first-order valence-electron chi connectivity index (χ1n) is 4.88. The Morgan fingerprint density at radius 2 is 2.14 bits per heavy atom. The fourth-order valence-corrected chi connectivity index (χ4v) is 1.72. The van der Waals surface area contributed by atoms with Gasteiger partial charge in [-0.3, -0.25) is 4.79 Å². The fourth-order valence-electron chi connectivity index (χ4n) is 1.72. The van der Waals surface area contributed by atoms with Crippen LogP contribution in [0.3, 0.4) is 0 Å². The molecule has 0 aromatic carbocycles. The first kappa shape index (κ1) is 11.4. The zero-order valence-corrected chi connectivity index (χ0v) is 8.30. The number of halogens is 2. The Bertz CT molecular complexity index is 191. The summed E-state index contributed by atoms with van der Waals surface area (Å²) >= 11 is 0. The zero-order chi connectivity index (χ0) is 10.6. The molecule has 0 spiro atoms. The van der Waals surface area contributed by atoms with Gasteiger partial charge < -0.3 is 10.2 Å². The van der Waals surface area contributed by atoms with Crippen molar-refractivity contribution in [1.82, 2.24) is 10.2 Å². The Morgan fingerprint density at radius 1 is 1.43 bits per heavy atom. The van der Waals surface area contributed by atoms with Crippen LogP contribution < -0.4 is 5.32 Å². The quantitative estimate of drug-likeness (QED) is 0.726. The van der Waals surface area contributed by atoms with Crippen molar-refractivity contribution >= 4 is 5.91 Å². The molecule has 1 heterocycles. The number of carbonyl (C=O) groups is 1. The van der Waals surface area contributed by atoms with Crippen molar-refractivity contribution < 1.29 is 13.6 Å². The second-order valence-corrected chi connectivity index (χ2v) is 3.58. The van der Waals surface area contributed by atoms with Gasteiger partial charge in [-0.15, -0.1) is 0 Å². The average Bonchev–Trinajstić information content (AvgIpc) is 2.43. The Hall–Kier alpha value is -0.710. The smallest absolute Gasteiger partial charge is 0.315 e. The summed E-state index contributed by atoms with van der Waals surface area (Å²) in [5, 5.41) is 3.17. The Labute approximate surface area is 82.5 Å². The highest BCUT2D eigenvalue weighted by Gasteiger charge is 2.26. The van der Waals surface area contributed by atoms with Gasteiger partial charge in [0.05, 0.1) is 0 Å². The molecule has 1 saturated heterocycles. The van der Waals surface area contributed by atoms with Gasteiger partial charge in [0.15, 0.2) is 0 Å². The molecule has 0 aromatic heterocycles. The highest BCUT2D eigenvalue weighted by molar-refractivity contribution is 5.79. The molecule has 0 bridgehead atoms. The molecule has 1 amide bonds. The topological polar surface area (TPSA) is 32.3 Å². The van der Waals surface area contributed by atoms with Crippen molar-refractivity contribution in [3.8, 4) is 0 Å². The van der Waals surface area contributed by atoms with Crippen LogP contribution in [-0.4, -0.2) is 43.4 Å². The average molecular weight is 206 g/mol. The summed E-state index contributed by atoms with van der Waals surface area (Å²) in [4.78, 5) is 12.2. The monoisotopic (exact) mass is 206 g/mol. The predicted octanol–water partition coefficient (Wildman–Crippen LogP) is 0.852. The number of nitrogens with zero attached hydrogens (tertiary/aromatic N) is 1. The molecule has 14 heavy (non-hydrogen) atoms. The third-order valence-electron chi connectivity index (χ3n) is 2.63. The molecule has 1 atom stereocenters. The summed E-state index contributed by atoms with van der Waals surface area (Å²) in [7, 11) is 1.46. The predicted molar refractivity (Wildman–Crippen MR) is 49.3 cm³/mol. The van der Waals surface area contributed by atoms with Gasteiger partial charge in [-0.1, -0.05) is 0 Å². The van der Waals surface area contributed by atoms with Crippen LogP contribution in [0.5, 0.6) is 0 Å². The van der Waals surface area contributed by atoms with E-state index in [1.54, 1.807) is 0 Å². The molecule has 1 aliphatic rings. The molecule has 0 saturated carbocycles. The molecule has 1 rings (SSSR count). The van der Waals surface area contributed by atoms with E-state index in [1.165, 1.54) is 11.9 Å². The second kappa shape index (κ2) is 5.24. The maximum atomic E-state index is 12.1. The second-order valence-electron chi connectivity index (χ2n) is 3.58. The van der Waals surface area contributed by atoms with Gasteiger partial charge in [-0.05, 0) is 32.4 Å². The van der Waals surface area contributed by atoms with Gasteiger partial charge >= 0.3 is 6.43 Å². The minimum Gasteiger partial charge on any atom is -0.338 e. The molecule has 82 valence electrons. The van der Waals surface area contributed by atoms with E-state index >= 15 is 0 Å². The van der Waals surface area contributed by atoms with Crippen LogP contribution in [0.15, 0.2) is 0 Å². The lowest BCUT2D eigenvalue weighted by atomic mass is 10.1. The standard InChI is InChI=1S/C9H16F2N2O/c1-13(9(14)8(10)11)7-3-2-5-12-6-4-7/h7-8,12H,2-6H2,1H3. The van der Waals surface area contributed by atoms with Gasteiger partial charge in [-0.2, -0.15) is 8.78 Å². The first-order chi connectivity index (χ1) is 6.63. The number of carbonyl (C=O) groups excluding carboxylic acids is 1. The van der Waals surface area contributed by atoms with E-state index in [0.717, 1.165) is 32.4 Å². The highest BCUT2D eigenvalue weighted by Crippen LogP contribution is 2.13. The van der Waals surface area contributed by atoms with Crippen molar-refractivity contribution in [3.63, 3.8) is 0 Å². The molecule has 3 nitrogen and oxygen atoms in total. The van der Waals surface area contributed by atoms with E-state index in [1.807, 2.05) is 0 Å². The van der Waals surface area contributed by atoms with Crippen LogP contribution in [0.1, 0.15) is 19.3 Å². The van der Waals surface area contributed by atoms with Gasteiger partial charge in [-0.25, -0.2) is 0 Å². The van der Waals surface area contributed by atoms with E-state index in [-0.39, 0.29) is 6.04 Å². The van der Waals surface area contributed by atoms with Crippen LogP contribution >= 0.6 is 0 Å². The van der Waals surface area contributed by atoms with E-state index < -0.39 is 12.3 Å². The summed E-state index contributed by atoms with van der Waals surface area (Å²) < 4.78 is 24.3. The summed E-state index contributed by atoms with van der Waals surface area (Å²) in [6.45, 7) is 1.71. The van der Waals surface area contributed by atoms with Crippen LogP contribution in [0, 0.1) is 0 Å². The third kappa shape index (κ3) is 2.90. The maximum absolute atomic E-state index is 12.1. The molecule has 1 aliphatic heterocycles. The van der Waals surface area contributed by atoms with Crippen LogP contribution in [0.4, 0.5) is 8.78 Å². The summed E-state index contributed by atoms with van der Waals surface area (Å²) in [6.07, 6.45) is -0.376. The molecule has 0 aromatic rings. The molecular formula is C9H16F2N2O. The normalized spacial score (nSPS) is 23.3. The summed E-state index contributed by atoms with van der Waals surface area (Å²) in [5.74, 6) is -1.06. The van der Waals surface area contributed by atoms with Crippen LogP contribution in [0.25, 0.3) is 0 Å². The number of alkyl halides is 2. The third-order valence-corrected chi connectivity index (χ3v) is 2.63. The molecule has 0 radical (unpaired) electrons. The van der Waals surface area contributed by atoms with Gasteiger partial charge in [0.2, 0.25) is 0 Å². The minimum atomic E-state index is -2.88. The van der Waals surface area contributed by atoms with Crippen LogP contribution in [0.2, 0.25) is 0 Å². The van der Waals surface area contributed by atoms with Gasteiger partial charge in [0, 0.05) is 13.1 Å². The molecule has 1 fully saturated rings. The molecular weight excluding hydrogens is 190 g/mol. The van der Waals surface area contributed by atoms with Gasteiger partial charge in [0.1, 0.15) is 0 Å². The summed E-state index contributed by atoms with van der Waals surface area (Å²) in [5.41, 5.74) is 0. The largest absolute Gasteiger partial charge is 0.338 e. The number of amides is 1. The number of nitrogens with one attached hydrogen (secondary N) is 1. The molecule has 0 aliphatic carbocycles. The lowest BCUT2D eigenvalue weighted by Gasteiger charge is -2.26. The Morgan fingerprint density at radius 3 is 2.79 bits per heavy atom. The molecule has 5 heteroatoms. The van der Waals surface area contributed by atoms with Gasteiger partial charge in [0.25, 0.3) is 5.91 Å². The van der Waals surface area contributed by atoms with Crippen molar-refractivity contribution in [3.05, 3.63) is 0 Å². The first-order valence-corrected chi connectivity index (χ1v) is 4.88. The number of hydrogen-bond donors (Lipinski definition) is 1. The SMILES string of the molecule is CN(C(=O)C(F)F)C1CCCNCC1. The number of hydrogen-bond acceptors (Lipinski definition) is 2. The van der Waals surface area contributed by atoms with Crippen molar-refractivity contribution in [2.75, 3.05) is 20.1 Å². The Balaban J connectivity index is 2.49. The van der Waals surface area contributed by atoms with E-state index in [2.05, 4.69) is 5.32 Å². The lowest BCUT2D eigenvalue weighted by molar-refractivity contribution is -0.143. The number of rotatable bonds is 2. The molecule has 1 unspecified atom stereocenters. The van der Waals surface area contributed by atoms with Crippen LogP contribution in [-0.2, 0) is 4.79 Å². The van der Waals surface area contributed by atoms with Crippen molar-refractivity contribution in [1.29, 1.82) is 0 Å². The maximum Gasteiger partial charge on any atom is 0.315 e. The zero-order valence-electron chi connectivity index (χ0n) is 8.30. The van der Waals surface area contributed by atoms with E-state index in [4.69, 9.17) is 0 Å².